The lowest BCUT2D eigenvalue weighted by molar-refractivity contribution is -0.234. The van der Waals surface area contributed by atoms with E-state index in [0.717, 1.165) is 0 Å². The summed E-state index contributed by atoms with van der Waals surface area (Å²) >= 11 is 0. The van der Waals surface area contributed by atoms with Crippen molar-refractivity contribution in [2.45, 2.75) is 58.2 Å². The van der Waals surface area contributed by atoms with Gasteiger partial charge in [0, 0.05) is 7.11 Å². The molecular weight excluding hydrogens is 338 g/mol. The van der Waals surface area contributed by atoms with Gasteiger partial charge in [-0.1, -0.05) is 30.3 Å². The van der Waals surface area contributed by atoms with Crippen molar-refractivity contribution in [1.82, 2.24) is 5.32 Å². The van der Waals surface area contributed by atoms with Crippen molar-refractivity contribution >= 4 is 12.1 Å². The van der Waals surface area contributed by atoms with Gasteiger partial charge >= 0.3 is 12.1 Å². The molecule has 26 heavy (non-hydrogen) atoms. The second-order valence-corrected chi connectivity index (χ2v) is 7.20. The molecule has 1 aromatic carbocycles. The molecule has 0 aliphatic carbocycles. The van der Waals surface area contributed by atoms with Gasteiger partial charge in [-0.3, -0.25) is 0 Å². The van der Waals surface area contributed by atoms with Gasteiger partial charge in [0.25, 0.3) is 0 Å². The van der Waals surface area contributed by atoms with Crippen molar-refractivity contribution in [3.63, 3.8) is 0 Å². The first-order valence-electron chi connectivity index (χ1n) is 8.34. The molecule has 0 bridgehead atoms. The average molecular weight is 367 g/mol. The Hall–Kier alpha value is -2.12. The van der Waals surface area contributed by atoms with Gasteiger partial charge in [0.15, 0.2) is 11.9 Å². The van der Waals surface area contributed by atoms with Crippen molar-refractivity contribution in [3.8, 4) is 0 Å². The highest BCUT2D eigenvalue weighted by molar-refractivity contribution is 5.77. The third kappa shape index (κ3) is 7.01. The zero-order valence-electron chi connectivity index (χ0n) is 16.5. The number of hydrogen-bond acceptors (Lipinski definition) is 6. The molecule has 0 saturated carbocycles. The van der Waals surface area contributed by atoms with Crippen LogP contribution in [0.3, 0.4) is 0 Å². The Bertz CT molecular complexity index is 594. The average Bonchev–Trinajstić information content (AvgIpc) is 2.56. The lowest BCUT2D eigenvalue weighted by Gasteiger charge is -2.33. The van der Waals surface area contributed by atoms with Crippen LogP contribution in [0.5, 0.6) is 0 Å². The largest absolute Gasteiger partial charge is 0.467 e. The van der Waals surface area contributed by atoms with Gasteiger partial charge in [-0.15, -0.1) is 0 Å². The molecule has 0 saturated heterocycles. The number of ether oxygens (including phenoxy) is 4. The van der Waals surface area contributed by atoms with E-state index in [1.165, 1.54) is 14.2 Å². The van der Waals surface area contributed by atoms with Crippen LogP contribution in [0.1, 0.15) is 46.2 Å². The van der Waals surface area contributed by atoms with Gasteiger partial charge in [0.1, 0.15) is 5.60 Å². The van der Waals surface area contributed by atoms with E-state index in [9.17, 15) is 9.59 Å². The Labute approximate surface area is 155 Å². The number of nitrogens with one attached hydrogen (secondary N) is 1. The number of methoxy groups -OCH3 is 2. The molecule has 0 aliphatic rings. The minimum atomic E-state index is -1.13. The molecule has 2 unspecified atom stereocenters. The summed E-state index contributed by atoms with van der Waals surface area (Å²) in [7, 11) is 2.72. The first kappa shape index (κ1) is 21.9. The molecular formula is C19H29NO6. The lowest BCUT2D eigenvalue weighted by Crippen LogP contribution is -2.47. The summed E-state index contributed by atoms with van der Waals surface area (Å²) in [5.74, 6) is -1.71. The van der Waals surface area contributed by atoms with Gasteiger partial charge in [-0.05, 0) is 40.2 Å². The number of alkyl carbamates (subject to hydrolysis) is 1. The van der Waals surface area contributed by atoms with E-state index in [-0.39, 0.29) is 0 Å². The van der Waals surface area contributed by atoms with Crippen LogP contribution in [-0.4, -0.2) is 43.8 Å². The molecule has 1 N–H and O–H groups in total. The Morgan fingerprint density at radius 2 is 1.58 bits per heavy atom. The molecule has 0 heterocycles. The number of benzene rings is 1. The maximum absolute atomic E-state index is 12.4. The fourth-order valence-electron chi connectivity index (χ4n) is 2.15. The van der Waals surface area contributed by atoms with Crippen molar-refractivity contribution < 1.29 is 28.5 Å². The summed E-state index contributed by atoms with van der Waals surface area (Å²) in [6.45, 7) is 8.60. The SMILES string of the molecule is COC(=O)C(OC(C)(C)OC)C(NC(=O)OC(C)(C)C)c1ccccc1. The fraction of sp³-hybridized carbons (Fsp3) is 0.579. The van der Waals surface area contributed by atoms with E-state index < -0.39 is 35.6 Å². The number of carbonyl (C=O) groups excluding carboxylic acids is 2. The van der Waals surface area contributed by atoms with E-state index in [4.69, 9.17) is 18.9 Å². The van der Waals surface area contributed by atoms with E-state index in [0.29, 0.717) is 5.56 Å². The quantitative estimate of drug-likeness (QED) is 0.589. The maximum Gasteiger partial charge on any atom is 0.408 e. The lowest BCUT2D eigenvalue weighted by atomic mass is 10.0. The summed E-state index contributed by atoms with van der Waals surface area (Å²) in [6, 6.07) is 8.17. The van der Waals surface area contributed by atoms with Crippen molar-refractivity contribution in [2.24, 2.45) is 0 Å². The van der Waals surface area contributed by atoms with Crippen LogP contribution < -0.4 is 5.32 Å². The zero-order valence-corrected chi connectivity index (χ0v) is 16.5. The molecule has 7 nitrogen and oxygen atoms in total. The van der Waals surface area contributed by atoms with E-state index in [1.54, 1.807) is 58.9 Å². The highest BCUT2D eigenvalue weighted by atomic mass is 16.7. The van der Waals surface area contributed by atoms with Crippen LogP contribution in [0.2, 0.25) is 0 Å². The first-order valence-corrected chi connectivity index (χ1v) is 8.34. The monoisotopic (exact) mass is 367 g/mol. The van der Waals surface area contributed by atoms with Crippen molar-refractivity contribution in [1.29, 1.82) is 0 Å². The van der Waals surface area contributed by atoms with Crippen molar-refractivity contribution in [3.05, 3.63) is 35.9 Å². The first-order chi connectivity index (χ1) is 12.0. The van der Waals surface area contributed by atoms with Crippen LogP contribution >= 0.6 is 0 Å². The predicted octanol–water partition coefficient (Wildman–Crippen LogP) is 3.19. The number of carbonyl (C=O) groups is 2. The summed E-state index contributed by atoms with van der Waals surface area (Å²) in [5, 5.41) is 2.71. The molecule has 0 fully saturated rings. The minimum Gasteiger partial charge on any atom is -0.467 e. The third-order valence-electron chi connectivity index (χ3n) is 3.47. The molecule has 1 rings (SSSR count). The molecule has 1 amide bonds. The van der Waals surface area contributed by atoms with Crippen LogP contribution in [0.4, 0.5) is 4.79 Å². The Morgan fingerprint density at radius 1 is 1.00 bits per heavy atom. The summed E-state index contributed by atoms with van der Waals surface area (Å²) < 4.78 is 21.3. The topological polar surface area (TPSA) is 83.1 Å². The second-order valence-electron chi connectivity index (χ2n) is 7.20. The molecule has 2 atom stereocenters. The number of hydrogen-bond donors (Lipinski definition) is 1. The smallest absolute Gasteiger partial charge is 0.408 e. The molecule has 0 spiro atoms. The summed E-state index contributed by atoms with van der Waals surface area (Å²) in [6.07, 6.45) is -1.80. The Kier molecular flexibility index (Phi) is 7.59. The minimum absolute atomic E-state index is 0.639. The van der Waals surface area contributed by atoms with Gasteiger partial charge in [0.2, 0.25) is 0 Å². The summed E-state index contributed by atoms with van der Waals surface area (Å²) in [4.78, 5) is 24.7. The Balaban J connectivity index is 3.21. The normalized spacial score (nSPS) is 14.3. The molecule has 0 aliphatic heterocycles. The predicted molar refractivity (Wildman–Crippen MR) is 96.5 cm³/mol. The molecule has 1 aromatic rings. The van der Waals surface area contributed by atoms with Crippen molar-refractivity contribution in [2.75, 3.05) is 14.2 Å². The van der Waals surface area contributed by atoms with Gasteiger partial charge in [-0.2, -0.15) is 0 Å². The van der Waals surface area contributed by atoms with Gasteiger partial charge in [0.05, 0.1) is 13.2 Å². The maximum atomic E-state index is 12.4. The summed E-state index contributed by atoms with van der Waals surface area (Å²) in [5.41, 5.74) is -0.0145. The van der Waals surface area contributed by atoms with Gasteiger partial charge < -0.3 is 24.3 Å². The molecule has 146 valence electrons. The van der Waals surface area contributed by atoms with E-state index in [1.807, 2.05) is 6.07 Å². The van der Waals surface area contributed by atoms with Crippen LogP contribution in [0, 0.1) is 0 Å². The van der Waals surface area contributed by atoms with Crippen LogP contribution in [0.25, 0.3) is 0 Å². The second kappa shape index (κ2) is 9.00. The third-order valence-corrected chi connectivity index (χ3v) is 3.47. The van der Waals surface area contributed by atoms with Gasteiger partial charge in [-0.25, -0.2) is 9.59 Å². The van der Waals surface area contributed by atoms with E-state index in [2.05, 4.69) is 5.32 Å². The number of esters is 1. The fourth-order valence-corrected chi connectivity index (χ4v) is 2.15. The Morgan fingerprint density at radius 3 is 2.04 bits per heavy atom. The molecule has 7 heteroatoms. The number of amides is 1. The molecule has 0 aromatic heterocycles. The highest BCUT2D eigenvalue weighted by Crippen LogP contribution is 2.26. The van der Waals surface area contributed by atoms with Crippen LogP contribution in [-0.2, 0) is 23.7 Å². The molecule has 0 radical (unpaired) electrons. The number of rotatable bonds is 7. The highest BCUT2D eigenvalue weighted by Gasteiger charge is 2.38. The van der Waals surface area contributed by atoms with E-state index >= 15 is 0 Å². The standard InChI is InChI=1S/C19H29NO6/c1-18(2,3)26-17(22)20-14(13-11-9-8-10-12-13)15(16(21)23-6)25-19(4,5)24-7/h8-12,14-15H,1-7H3,(H,20,22). The van der Waals surface area contributed by atoms with Crippen LogP contribution in [0.15, 0.2) is 30.3 Å². The zero-order chi connectivity index (χ0) is 20.0.